The molecular formula is C20H25NO3. The number of amides is 1. The van der Waals surface area contributed by atoms with Crippen LogP contribution in [0.3, 0.4) is 0 Å². The van der Waals surface area contributed by atoms with Crippen molar-refractivity contribution < 1.29 is 14.6 Å². The Bertz CT molecular complexity index is 615. The highest BCUT2D eigenvalue weighted by Gasteiger charge is 2.21. The van der Waals surface area contributed by atoms with Crippen LogP contribution in [0.4, 0.5) is 0 Å². The Kier molecular flexibility index (Phi) is 6.97. The van der Waals surface area contributed by atoms with Crippen molar-refractivity contribution in [1.29, 1.82) is 0 Å². The van der Waals surface area contributed by atoms with Crippen molar-refractivity contribution in [3.63, 3.8) is 0 Å². The first kappa shape index (κ1) is 18.2. The first-order chi connectivity index (χ1) is 11.6. The molecule has 2 rings (SSSR count). The Morgan fingerprint density at radius 1 is 1.04 bits per heavy atom. The zero-order valence-corrected chi connectivity index (χ0v) is 14.2. The fourth-order valence-electron chi connectivity index (χ4n) is 2.39. The summed E-state index contributed by atoms with van der Waals surface area (Å²) in [7, 11) is 0. The van der Waals surface area contributed by atoms with E-state index in [1.54, 1.807) is 6.92 Å². The van der Waals surface area contributed by atoms with E-state index in [1.807, 2.05) is 67.6 Å². The molecule has 128 valence electrons. The third-order valence-corrected chi connectivity index (χ3v) is 3.91. The van der Waals surface area contributed by atoms with Gasteiger partial charge in [-0.25, -0.2) is 0 Å². The van der Waals surface area contributed by atoms with E-state index >= 15 is 0 Å². The second-order valence-electron chi connectivity index (χ2n) is 6.05. The minimum absolute atomic E-state index is 0.120. The summed E-state index contributed by atoms with van der Waals surface area (Å²) in [6, 6.07) is 18.8. The topological polar surface area (TPSA) is 58.6 Å². The molecule has 1 amide bonds. The molecular weight excluding hydrogens is 302 g/mol. The number of carbonyl (C=O) groups excluding carboxylic acids is 1. The van der Waals surface area contributed by atoms with Crippen LogP contribution in [-0.4, -0.2) is 23.7 Å². The molecule has 0 heterocycles. The minimum Gasteiger partial charge on any atom is -0.386 e. The van der Waals surface area contributed by atoms with Crippen LogP contribution < -0.4 is 5.32 Å². The Labute approximate surface area is 143 Å². The standard InChI is InChI=1S/C20H25NO3/c1-15(13-24-14-17-9-5-3-6-10-17)20(23)21-16(2)19(22)18-11-7-4-8-12-18/h3-12,15-16,19,22H,13-14H2,1-2H3,(H,21,23)/t15-,16+,19-/m1/s1. The lowest BCUT2D eigenvalue weighted by atomic mass is 10.0. The number of aliphatic hydroxyl groups is 1. The van der Waals surface area contributed by atoms with Crippen molar-refractivity contribution in [2.45, 2.75) is 32.6 Å². The lowest BCUT2D eigenvalue weighted by Gasteiger charge is -2.22. The molecule has 0 spiro atoms. The summed E-state index contributed by atoms with van der Waals surface area (Å²) in [6.45, 7) is 4.45. The van der Waals surface area contributed by atoms with Gasteiger partial charge in [-0.05, 0) is 18.1 Å². The first-order valence-electron chi connectivity index (χ1n) is 8.23. The van der Waals surface area contributed by atoms with Gasteiger partial charge in [-0.2, -0.15) is 0 Å². The molecule has 0 aliphatic heterocycles. The molecule has 2 aromatic carbocycles. The van der Waals surface area contributed by atoms with E-state index < -0.39 is 6.10 Å². The molecule has 0 fully saturated rings. The van der Waals surface area contributed by atoms with Gasteiger partial charge < -0.3 is 15.2 Å². The number of rotatable bonds is 8. The van der Waals surface area contributed by atoms with E-state index in [0.717, 1.165) is 11.1 Å². The monoisotopic (exact) mass is 327 g/mol. The van der Waals surface area contributed by atoms with Gasteiger partial charge in [-0.15, -0.1) is 0 Å². The van der Waals surface area contributed by atoms with Crippen LogP contribution in [0.1, 0.15) is 31.1 Å². The third-order valence-electron chi connectivity index (χ3n) is 3.91. The van der Waals surface area contributed by atoms with Crippen molar-refractivity contribution in [3.05, 3.63) is 71.8 Å². The number of aliphatic hydroxyl groups excluding tert-OH is 1. The van der Waals surface area contributed by atoms with E-state index in [1.165, 1.54) is 0 Å². The van der Waals surface area contributed by atoms with Gasteiger partial charge in [0, 0.05) is 0 Å². The van der Waals surface area contributed by atoms with Crippen LogP contribution in [0.25, 0.3) is 0 Å². The summed E-state index contributed by atoms with van der Waals surface area (Å²) in [5.41, 5.74) is 1.87. The van der Waals surface area contributed by atoms with Crippen molar-refractivity contribution in [1.82, 2.24) is 5.32 Å². The zero-order valence-electron chi connectivity index (χ0n) is 14.2. The van der Waals surface area contributed by atoms with Crippen LogP contribution in [0, 0.1) is 5.92 Å². The highest BCUT2D eigenvalue weighted by Crippen LogP contribution is 2.16. The number of hydrogen-bond donors (Lipinski definition) is 2. The van der Waals surface area contributed by atoms with Gasteiger partial charge in [0.2, 0.25) is 5.91 Å². The van der Waals surface area contributed by atoms with Crippen LogP contribution in [-0.2, 0) is 16.1 Å². The van der Waals surface area contributed by atoms with Gasteiger partial charge in [-0.3, -0.25) is 4.79 Å². The van der Waals surface area contributed by atoms with E-state index in [9.17, 15) is 9.90 Å². The molecule has 0 saturated heterocycles. The number of carbonyl (C=O) groups is 1. The largest absolute Gasteiger partial charge is 0.386 e. The van der Waals surface area contributed by atoms with Gasteiger partial charge in [0.1, 0.15) is 0 Å². The third kappa shape index (κ3) is 5.48. The number of nitrogens with one attached hydrogen (secondary N) is 1. The molecule has 3 atom stereocenters. The van der Waals surface area contributed by atoms with Crippen LogP contribution in [0.15, 0.2) is 60.7 Å². The molecule has 0 radical (unpaired) electrons. The lowest BCUT2D eigenvalue weighted by Crippen LogP contribution is -2.41. The Hall–Kier alpha value is -2.17. The molecule has 4 nitrogen and oxygen atoms in total. The van der Waals surface area contributed by atoms with Crippen molar-refractivity contribution >= 4 is 5.91 Å². The quantitative estimate of drug-likeness (QED) is 0.783. The summed E-state index contributed by atoms with van der Waals surface area (Å²) >= 11 is 0. The Morgan fingerprint density at radius 2 is 1.62 bits per heavy atom. The molecule has 2 N–H and O–H groups in total. The molecule has 0 aliphatic rings. The molecule has 24 heavy (non-hydrogen) atoms. The fraction of sp³-hybridized carbons (Fsp3) is 0.350. The Morgan fingerprint density at radius 3 is 2.25 bits per heavy atom. The lowest BCUT2D eigenvalue weighted by molar-refractivity contribution is -0.128. The fourth-order valence-corrected chi connectivity index (χ4v) is 2.39. The van der Waals surface area contributed by atoms with Crippen molar-refractivity contribution in [2.24, 2.45) is 5.92 Å². The van der Waals surface area contributed by atoms with Gasteiger partial charge in [0.05, 0.1) is 31.3 Å². The second-order valence-corrected chi connectivity index (χ2v) is 6.05. The average Bonchev–Trinajstić information content (AvgIpc) is 2.62. The zero-order chi connectivity index (χ0) is 17.4. The van der Waals surface area contributed by atoms with Crippen molar-refractivity contribution in [3.8, 4) is 0 Å². The summed E-state index contributed by atoms with van der Waals surface area (Å²) in [6.07, 6.45) is -0.729. The molecule has 0 saturated carbocycles. The number of benzene rings is 2. The highest BCUT2D eigenvalue weighted by molar-refractivity contribution is 5.78. The summed E-state index contributed by atoms with van der Waals surface area (Å²) in [4.78, 5) is 12.2. The minimum atomic E-state index is -0.729. The van der Waals surface area contributed by atoms with Gasteiger partial charge in [0.15, 0.2) is 0 Å². The maximum Gasteiger partial charge on any atom is 0.225 e. The first-order valence-corrected chi connectivity index (χ1v) is 8.23. The van der Waals surface area contributed by atoms with Crippen molar-refractivity contribution in [2.75, 3.05) is 6.61 Å². The number of ether oxygens (including phenoxy) is 1. The van der Waals surface area contributed by atoms with Gasteiger partial charge >= 0.3 is 0 Å². The maximum atomic E-state index is 12.2. The van der Waals surface area contributed by atoms with E-state index in [2.05, 4.69) is 5.32 Å². The normalized spacial score (nSPS) is 14.6. The average molecular weight is 327 g/mol. The smallest absolute Gasteiger partial charge is 0.225 e. The molecule has 0 unspecified atom stereocenters. The second kappa shape index (κ2) is 9.21. The number of hydrogen-bond acceptors (Lipinski definition) is 3. The molecule has 0 aliphatic carbocycles. The van der Waals surface area contributed by atoms with Crippen LogP contribution >= 0.6 is 0 Å². The molecule has 0 bridgehead atoms. The molecule has 4 heteroatoms. The summed E-state index contributed by atoms with van der Waals surface area (Å²) in [5.74, 6) is -0.398. The SMILES string of the molecule is C[C@H](COCc1ccccc1)C(=O)N[C@@H](C)[C@@H](O)c1ccccc1. The van der Waals surface area contributed by atoms with Gasteiger partial charge in [0.25, 0.3) is 0 Å². The van der Waals surface area contributed by atoms with E-state index in [0.29, 0.717) is 13.2 Å². The van der Waals surface area contributed by atoms with Crippen LogP contribution in [0.5, 0.6) is 0 Å². The maximum absolute atomic E-state index is 12.2. The van der Waals surface area contributed by atoms with E-state index in [-0.39, 0.29) is 17.9 Å². The molecule has 2 aromatic rings. The van der Waals surface area contributed by atoms with Crippen LogP contribution in [0.2, 0.25) is 0 Å². The van der Waals surface area contributed by atoms with E-state index in [4.69, 9.17) is 4.74 Å². The Balaban J connectivity index is 1.76. The summed E-state index contributed by atoms with van der Waals surface area (Å²) in [5, 5.41) is 13.2. The summed E-state index contributed by atoms with van der Waals surface area (Å²) < 4.78 is 5.61. The predicted molar refractivity (Wildman–Crippen MR) is 94.3 cm³/mol. The van der Waals surface area contributed by atoms with Gasteiger partial charge in [-0.1, -0.05) is 67.6 Å². The molecule has 0 aromatic heterocycles. The predicted octanol–water partition coefficient (Wildman–Crippen LogP) is 3.08. The highest BCUT2D eigenvalue weighted by atomic mass is 16.5.